The van der Waals surface area contributed by atoms with E-state index in [1.54, 1.807) is 0 Å². The van der Waals surface area contributed by atoms with Crippen LogP contribution >= 0.6 is 0 Å². The Morgan fingerprint density at radius 2 is 1.77 bits per heavy atom. The van der Waals surface area contributed by atoms with Crippen molar-refractivity contribution >= 4 is 22.7 Å². The molecule has 1 saturated heterocycles. The van der Waals surface area contributed by atoms with Crippen molar-refractivity contribution in [1.82, 2.24) is 9.88 Å². The Morgan fingerprint density at radius 1 is 1.00 bits per heavy atom. The first-order valence-electron chi connectivity index (χ1n) is 10.7. The van der Waals surface area contributed by atoms with Gasteiger partial charge in [0, 0.05) is 25.4 Å². The molecule has 0 unspecified atom stereocenters. The van der Waals surface area contributed by atoms with Crippen molar-refractivity contribution in [3.63, 3.8) is 0 Å². The number of fused-ring (bicyclic) bond motifs is 1. The fourth-order valence-corrected chi connectivity index (χ4v) is 4.26. The third-order valence-corrected chi connectivity index (χ3v) is 6.02. The van der Waals surface area contributed by atoms with Gasteiger partial charge >= 0.3 is 0 Å². The summed E-state index contributed by atoms with van der Waals surface area (Å²) in [5, 5.41) is 4.18. The average Bonchev–Trinajstić information content (AvgIpc) is 3.45. The number of hydrogen-bond acceptors (Lipinski definition) is 5. The van der Waals surface area contributed by atoms with E-state index in [0.717, 1.165) is 48.4 Å². The predicted octanol–water partition coefficient (Wildman–Crippen LogP) is 4.31. The number of carbonyl (C=O) groups excluding carboxylic acids is 1. The molecule has 1 amide bonds. The summed E-state index contributed by atoms with van der Waals surface area (Å²) in [5.74, 6) is 1.08. The summed E-state index contributed by atoms with van der Waals surface area (Å²) < 4.78 is 5.92. The molecule has 2 aliphatic heterocycles. The third kappa shape index (κ3) is 3.95. The number of rotatable bonds is 5. The second-order valence-corrected chi connectivity index (χ2v) is 8.06. The highest BCUT2D eigenvalue weighted by molar-refractivity contribution is 5.93. The van der Waals surface area contributed by atoms with Crippen LogP contribution in [0.5, 0.6) is 0 Å². The van der Waals surface area contributed by atoms with E-state index in [2.05, 4.69) is 22.3 Å². The number of amides is 1. The van der Waals surface area contributed by atoms with Gasteiger partial charge in [-0.2, -0.15) is 0 Å². The van der Waals surface area contributed by atoms with Gasteiger partial charge in [0.2, 0.25) is 6.10 Å². The highest BCUT2D eigenvalue weighted by Gasteiger charge is 2.34. The van der Waals surface area contributed by atoms with Crippen LogP contribution in [0.25, 0.3) is 11.1 Å². The van der Waals surface area contributed by atoms with Crippen LogP contribution in [-0.4, -0.2) is 40.7 Å². The van der Waals surface area contributed by atoms with Gasteiger partial charge in [-0.25, -0.2) is 4.98 Å². The van der Waals surface area contributed by atoms with Gasteiger partial charge in [0.15, 0.2) is 11.5 Å². The Morgan fingerprint density at radius 3 is 2.57 bits per heavy atom. The number of oxime groups is 1. The molecule has 3 heterocycles. The van der Waals surface area contributed by atoms with E-state index >= 15 is 0 Å². The van der Waals surface area contributed by atoms with E-state index in [1.807, 2.05) is 47.4 Å². The fourth-order valence-electron chi connectivity index (χ4n) is 4.26. The summed E-state index contributed by atoms with van der Waals surface area (Å²) in [7, 11) is 0. The van der Waals surface area contributed by atoms with Crippen molar-refractivity contribution in [3.05, 3.63) is 66.1 Å². The highest BCUT2D eigenvalue weighted by Crippen LogP contribution is 2.30. The van der Waals surface area contributed by atoms with E-state index in [-0.39, 0.29) is 11.8 Å². The van der Waals surface area contributed by atoms with Crippen molar-refractivity contribution in [3.8, 4) is 0 Å². The van der Waals surface area contributed by atoms with Crippen molar-refractivity contribution in [2.45, 2.75) is 44.1 Å². The Balaban J connectivity index is 1.12. The summed E-state index contributed by atoms with van der Waals surface area (Å²) in [6.45, 7) is 1.39. The molecule has 0 aliphatic carbocycles. The zero-order chi connectivity index (χ0) is 20.3. The molecule has 0 spiro atoms. The topological polar surface area (TPSA) is 67.9 Å². The van der Waals surface area contributed by atoms with Crippen LogP contribution < -0.4 is 0 Å². The zero-order valence-corrected chi connectivity index (χ0v) is 16.9. The summed E-state index contributed by atoms with van der Waals surface area (Å²) in [6, 6.07) is 18.1. The number of para-hydroxylation sites is 2. The number of benzene rings is 2. The number of nitrogens with zero attached hydrogens (tertiary/aromatic N) is 3. The first-order chi connectivity index (χ1) is 14.8. The van der Waals surface area contributed by atoms with Crippen LogP contribution in [0.15, 0.2) is 64.2 Å². The first-order valence-corrected chi connectivity index (χ1v) is 10.7. The number of piperidine rings is 1. The highest BCUT2D eigenvalue weighted by atomic mass is 16.6. The summed E-state index contributed by atoms with van der Waals surface area (Å²) in [6.07, 6.45) is 3.57. The molecule has 2 aliphatic rings. The normalized spacial score (nSPS) is 19.7. The molecule has 154 valence electrons. The Kier molecular flexibility index (Phi) is 5.22. The van der Waals surface area contributed by atoms with Crippen molar-refractivity contribution in [2.24, 2.45) is 5.16 Å². The molecule has 0 saturated carbocycles. The van der Waals surface area contributed by atoms with E-state index in [9.17, 15) is 4.79 Å². The Labute approximate surface area is 175 Å². The van der Waals surface area contributed by atoms with Crippen LogP contribution in [0, 0.1) is 0 Å². The van der Waals surface area contributed by atoms with Crippen molar-refractivity contribution in [1.29, 1.82) is 0 Å². The third-order valence-electron chi connectivity index (χ3n) is 6.02. The van der Waals surface area contributed by atoms with Gasteiger partial charge in [0.1, 0.15) is 5.52 Å². The lowest BCUT2D eigenvalue weighted by atomic mass is 9.96. The second kappa shape index (κ2) is 8.30. The standard InChI is InChI=1S/C24H25N3O3/c28-24(22-16-19(26-30-22)11-10-17-6-2-1-3-7-17)27-14-12-18(13-15-27)23-25-20-8-4-5-9-21(20)29-23/h1-9,18,22H,10-16H2/t22-/m0/s1. The van der Waals surface area contributed by atoms with Crippen LogP contribution in [0.3, 0.4) is 0 Å². The predicted molar refractivity (Wildman–Crippen MR) is 114 cm³/mol. The fraction of sp³-hybridized carbons (Fsp3) is 0.375. The molecule has 30 heavy (non-hydrogen) atoms. The molecule has 6 nitrogen and oxygen atoms in total. The molecular formula is C24H25N3O3. The molecule has 0 N–H and O–H groups in total. The maximum Gasteiger partial charge on any atom is 0.266 e. The quantitative estimate of drug-likeness (QED) is 0.637. The minimum atomic E-state index is -0.475. The minimum absolute atomic E-state index is 0.0458. The molecular weight excluding hydrogens is 378 g/mol. The number of oxazole rings is 1. The van der Waals surface area contributed by atoms with E-state index in [0.29, 0.717) is 19.5 Å². The van der Waals surface area contributed by atoms with Gasteiger partial charge in [-0.15, -0.1) is 0 Å². The Bertz CT molecular complexity index is 1020. The molecule has 5 rings (SSSR count). The van der Waals surface area contributed by atoms with E-state index in [1.165, 1.54) is 5.56 Å². The SMILES string of the molecule is O=C([C@@H]1CC(CCc2ccccc2)=NO1)N1CCC(c2nc3ccccc3o2)CC1. The number of aryl methyl sites for hydroxylation is 1. The molecule has 6 heteroatoms. The van der Waals surface area contributed by atoms with Gasteiger partial charge in [0.05, 0.1) is 5.71 Å². The van der Waals surface area contributed by atoms with E-state index in [4.69, 9.17) is 9.25 Å². The largest absolute Gasteiger partial charge is 0.440 e. The smallest absolute Gasteiger partial charge is 0.266 e. The van der Waals surface area contributed by atoms with Gasteiger partial charge in [-0.05, 0) is 43.4 Å². The number of carbonyl (C=O) groups is 1. The van der Waals surface area contributed by atoms with Gasteiger partial charge < -0.3 is 14.2 Å². The van der Waals surface area contributed by atoms with Crippen LogP contribution in [-0.2, 0) is 16.1 Å². The maximum atomic E-state index is 12.9. The van der Waals surface area contributed by atoms with E-state index < -0.39 is 6.10 Å². The molecule has 0 radical (unpaired) electrons. The number of likely N-dealkylation sites (tertiary alicyclic amines) is 1. The van der Waals surface area contributed by atoms with Crippen LogP contribution in [0.4, 0.5) is 0 Å². The van der Waals surface area contributed by atoms with Crippen LogP contribution in [0.1, 0.15) is 43.1 Å². The number of aromatic nitrogens is 1. The molecule has 1 atom stereocenters. The molecule has 1 aromatic heterocycles. The summed E-state index contributed by atoms with van der Waals surface area (Å²) in [4.78, 5) is 24.9. The van der Waals surface area contributed by atoms with Gasteiger partial charge in [-0.3, -0.25) is 4.79 Å². The van der Waals surface area contributed by atoms with Gasteiger partial charge in [0.25, 0.3) is 5.91 Å². The lowest BCUT2D eigenvalue weighted by Gasteiger charge is -2.31. The molecule has 1 fully saturated rings. The van der Waals surface area contributed by atoms with Gasteiger partial charge in [-0.1, -0.05) is 47.6 Å². The maximum absolute atomic E-state index is 12.9. The Hall–Kier alpha value is -3.15. The van der Waals surface area contributed by atoms with Crippen molar-refractivity contribution < 1.29 is 14.0 Å². The molecule has 3 aromatic rings. The first kappa shape index (κ1) is 18.9. The monoisotopic (exact) mass is 403 g/mol. The van der Waals surface area contributed by atoms with Crippen molar-refractivity contribution in [2.75, 3.05) is 13.1 Å². The minimum Gasteiger partial charge on any atom is -0.440 e. The summed E-state index contributed by atoms with van der Waals surface area (Å²) >= 11 is 0. The summed E-state index contributed by atoms with van der Waals surface area (Å²) in [5.41, 5.74) is 3.96. The lowest BCUT2D eigenvalue weighted by Crippen LogP contribution is -2.43. The molecule has 0 bridgehead atoms. The lowest BCUT2D eigenvalue weighted by molar-refractivity contribution is -0.143. The van der Waals surface area contributed by atoms with Crippen LogP contribution in [0.2, 0.25) is 0 Å². The molecule has 2 aromatic carbocycles. The number of hydrogen-bond donors (Lipinski definition) is 0. The zero-order valence-electron chi connectivity index (χ0n) is 16.9. The second-order valence-electron chi connectivity index (χ2n) is 8.06. The average molecular weight is 403 g/mol.